The number of likely N-dealkylation sites (N-methyl/N-ethyl adjacent to an activating group) is 1. The van der Waals surface area contributed by atoms with Gasteiger partial charge in [0.15, 0.2) is 18.1 Å². The summed E-state index contributed by atoms with van der Waals surface area (Å²) < 4.78 is 10.9. The summed E-state index contributed by atoms with van der Waals surface area (Å²) in [6.07, 6.45) is 0.446. The molecule has 8 heteroatoms. The van der Waals surface area contributed by atoms with Crippen LogP contribution in [0.5, 0.6) is 11.5 Å². The fraction of sp³-hybridized carbons (Fsp3) is 0.333. The summed E-state index contributed by atoms with van der Waals surface area (Å²) >= 11 is 12.1. The number of amides is 2. The number of nitrogens with one attached hydrogen (secondary N) is 1. The Bertz CT molecular complexity index is 860. The lowest BCUT2D eigenvalue weighted by Crippen LogP contribution is -2.49. The van der Waals surface area contributed by atoms with Gasteiger partial charge in [0.25, 0.3) is 5.91 Å². The quantitative estimate of drug-likeness (QED) is 0.643. The van der Waals surface area contributed by atoms with Gasteiger partial charge >= 0.3 is 0 Å². The number of rotatable bonds is 9. The molecule has 29 heavy (non-hydrogen) atoms. The maximum atomic E-state index is 13.0. The molecule has 0 aliphatic heterocycles. The molecule has 0 saturated carbocycles. The third-order valence-corrected chi connectivity index (χ3v) is 5.13. The Morgan fingerprint density at radius 3 is 2.38 bits per heavy atom. The number of benzene rings is 2. The molecule has 2 aromatic carbocycles. The number of halogens is 2. The first-order chi connectivity index (χ1) is 13.9. The van der Waals surface area contributed by atoms with Crippen LogP contribution in [0.4, 0.5) is 0 Å². The standard InChI is InChI=1S/C21H24Cl2N2O4/c1-4-17(21(27)24-2)25(12-14-9-10-15(22)16(23)11-14)20(26)13-29-19-8-6-5-7-18(19)28-3/h5-11,17H,4,12-13H2,1-3H3,(H,24,27)/t17-/m0/s1. The third kappa shape index (κ3) is 6.02. The summed E-state index contributed by atoms with van der Waals surface area (Å²) in [4.78, 5) is 26.9. The number of carbonyl (C=O) groups excluding carboxylic acids is 2. The van der Waals surface area contributed by atoms with Crippen LogP contribution in [-0.4, -0.2) is 43.5 Å². The van der Waals surface area contributed by atoms with Crippen LogP contribution >= 0.6 is 23.2 Å². The van der Waals surface area contributed by atoms with Gasteiger partial charge in [-0.15, -0.1) is 0 Å². The van der Waals surface area contributed by atoms with Crippen LogP contribution in [0.25, 0.3) is 0 Å². The van der Waals surface area contributed by atoms with E-state index < -0.39 is 6.04 Å². The lowest BCUT2D eigenvalue weighted by molar-refractivity contribution is -0.142. The molecule has 0 unspecified atom stereocenters. The smallest absolute Gasteiger partial charge is 0.261 e. The Labute approximate surface area is 180 Å². The topological polar surface area (TPSA) is 67.9 Å². The van der Waals surface area contributed by atoms with E-state index in [1.54, 1.807) is 36.4 Å². The minimum atomic E-state index is -0.650. The molecule has 2 aromatic rings. The number of nitrogens with zero attached hydrogens (tertiary/aromatic N) is 1. The van der Waals surface area contributed by atoms with Gasteiger partial charge in [-0.25, -0.2) is 0 Å². The molecule has 2 rings (SSSR count). The molecule has 0 aliphatic carbocycles. The SMILES string of the molecule is CC[C@@H](C(=O)NC)N(Cc1ccc(Cl)c(Cl)c1)C(=O)COc1ccccc1OC. The number of para-hydroxylation sites is 2. The predicted octanol–water partition coefficient (Wildman–Crippen LogP) is 3.93. The maximum Gasteiger partial charge on any atom is 0.261 e. The lowest BCUT2D eigenvalue weighted by Gasteiger charge is -2.30. The lowest BCUT2D eigenvalue weighted by atomic mass is 10.1. The molecule has 156 valence electrons. The van der Waals surface area contributed by atoms with Crippen molar-refractivity contribution < 1.29 is 19.1 Å². The second kappa shape index (κ2) is 10.9. The number of ether oxygens (including phenoxy) is 2. The number of hydrogen-bond donors (Lipinski definition) is 1. The van der Waals surface area contributed by atoms with Crippen LogP contribution in [0.2, 0.25) is 10.0 Å². The van der Waals surface area contributed by atoms with Gasteiger partial charge in [0.05, 0.1) is 17.2 Å². The average Bonchev–Trinajstić information content (AvgIpc) is 2.74. The van der Waals surface area contributed by atoms with Crippen LogP contribution in [0.3, 0.4) is 0 Å². The zero-order chi connectivity index (χ0) is 21.4. The molecule has 1 atom stereocenters. The van der Waals surface area contributed by atoms with E-state index in [0.717, 1.165) is 5.56 Å². The van der Waals surface area contributed by atoms with Gasteiger partial charge in [-0.2, -0.15) is 0 Å². The largest absolute Gasteiger partial charge is 0.493 e. The normalized spacial score (nSPS) is 11.5. The maximum absolute atomic E-state index is 13.0. The minimum absolute atomic E-state index is 0.191. The van der Waals surface area contributed by atoms with Crippen molar-refractivity contribution in [3.05, 3.63) is 58.1 Å². The Hall–Kier alpha value is -2.44. The van der Waals surface area contributed by atoms with Gasteiger partial charge in [0, 0.05) is 13.6 Å². The molecule has 2 amide bonds. The number of carbonyl (C=O) groups is 2. The van der Waals surface area contributed by atoms with E-state index in [0.29, 0.717) is 28.0 Å². The first kappa shape index (κ1) is 22.8. The summed E-state index contributed by atoms with van der Waals surface area (Å²) in [5.41, 5.74) is 0.757. The zero-order valence-corrected chi connectivity index (χ0v) is 18.1. The van der Waals surface area contributed by atoms with E-state index in [-0.39, 0.29) is 25.0 Å². The second-order valence-corrected chi connectivity index (χ2v) is 7.06. The predicted molar refractivity (Wildman–Crippen MR) is 114 cm³/mol. The molecule has 6 nitrogen and oxygen atoms in total. The highest BCUT2D eigenvalue weighted by Crippen LogP contribution is 2.26. The first-order valence-electron chi connectivity index (χ1n) is 9.12. The van der Waals surface area contributed by atoms with E-state index >= 15 is 0 Å². The summed E-state index contributed by atoms with van der Waals surface area (Å²) in [5, 5.41) is 3.42. The molecule has 0 spiro atoms. The monoisotopic (exact) mass is 438 g/mol. The minimum Gasteiger partial charge on any atom is -0.493 e. The van der Waals surface area contributed by atoms with Crippen molar-refractivity contribution in [3.63, 3.8) is 0 Å². The summed E-state index contributed by atoms with van der Waals surface area (Å²) in [6.45, 7) is 1.79. The number of methoxy groups -OCH3 is 1. The molecule has 0 aliphatic rings. The van der Waals surface area contributed by atoms with Crippen molar-refractivity contribution in [1.29, 1.82) is 0 Å². The average molecular weight is 439 g/mol. The fourth-order valence-corrected chi connectivity index (χ4v) is 3.20. The van der Waals surface area contributed by atoms with E-state index in [9.17, 15) is 9.59 Å². The van der Waals surface area contributed by atoms with Crippen molar-refractivity contribution in [2.45, 2.75) is 25.9 Å². The van der Waals surface area contributed by atoms with Crippen LogP contribution in [-0.2, 0) is 16.1 Å². The van der Waals surface area contributed by atoms with Crippen LogP contribution in [0.15, 0.2) is 42.5 Å². The highest BCUT2D eigenvalue weighted by atomic mass is 35.5. The highest BCUT2D eigenvalue weighted by molar-refractivity contribution is 6.42. The Balaban J connectivity index is 2.23. The molecule has 0 bridgehead atoms. The van der Waals surface area contributed by atoms with Crippen molar-refractivity contribution in [1.82, 2.24) is 10.2 Å². The van der Waals surface area contributed by atoms with Crippen molar-refractivity contribution in [2.24, 2.45) is 0 Å². The molecule has 0 radical (unpaired) electrons. The van der Waals surface area contributed by atoms with E-state index in [4.69, 9.17) is 32.7 Å². The van der Waals surface area contributed by atoms with Gasteiger partial charge < -0.3 is 19.7 Å². The summed E-state index contributed by atoms with van der Waals surface area (Å²) in [6, 6.07) is 11.5. The molecule has 0 fully saturated rings. The highest BCUT2D eigenvalue weighted by Gasteiger charge is 2.28. The van der Waals surface area contributed by atoms with Gasteiger partial charge in [0.1, 0.15) is 6.04 Å². The van der Waals surface area contributed by atoms with Gasteiger partial charge in [-0.05, 0) is 36.2 Å². The van der Waals surface area contributed by atoms with Crippen molar-refractivity contribution in [3.8, 4) is 11.5 Å². The molecule has 0 aromatic heterocycles. The first-order valence-corrected chi connectivity index (χ1v) is 9.87. The fourth-order valence-electron chi connectivity index (χ4n) is 2.88. The molecule has 0 heterocycles. The summed E-state index contributed by atoms with van der Waals surface area (Å²) in [7, 11) is 3.07. The summed E-state index contributed by atoms with van der Waals surface area (Å²) in [5.74, 6) is 0.385. The molecular formula is C21H24Cl2N2O4. The third-order valence-electron chi connectivity index (χ3n) is 4.39. The second-order valence-electron chi connectivity index (χ2n) is 6.25. The van der Waals surface area contributed by atoms with E-state index in [1.807, 2.05) is 13.0 Å². The van der Waals surface area contributed by atoms with E-state index in [2.05, 4.69) is 5.32 Å². The molecular weight excluding hydrogens is 415 g/mol. The molecule has 1 N–H and O–H groups in total. The van der Waals surface area contributed by atoms with Crippen molar-refractivity contribution >= 4 is 35.0 Å². The van der Waals surface area contributed by atoms with Crippen LogP contribution in [0, 0.1) is 0 Å². The Morgan fingerprint density at radius 2 is 1.79 bits per heavy atom. The zero-order valence-electron chi connectivity index (χ0n) is 16.6. The van der Waals surface area contributed by atoms with Crippen LogP contribution < -0.4 is 14.8 Å². The Morgan fingerprint density at radius 1 is 1.10 bits per heavy atom. The Kier molecular flexibility index (Phi) is 8.61. The van der Waals surface area contributed by atoms with Crippen LogP contribution in [0.1, 0.15) is 18.9 Å². The van der Waals surface area contributed by atoms with Crippen molar-refractivity contribution in [2.75, 3.05) is 20.8 Å². The molecule has 0 saturated heterocycles. The van der Waals surface area contributed by atoms with E-state index in [1.165, 1.54) is 19.1 Å². The van der Waals surface area contributed by atoms with Gasteiger partial charge in [-0.1, -0.05) is 48.3 Å². The van der Waals surface area contributed by atoms with Gasteiger partial charge in [0.2, 0.25) is 5.91 Å². The number of hydrogen-bond acceptors (Lipinski definition) is 4. The van der Waals surface area contributed by atoms with Gasteiger partial charge in [-0.3, -0.25) is 9.59 Å².